The summed E-state index contributed by atoms with van der Waals surface area (Å²) in [5.41, 5.74) is 12.3. The molecule has 4 nitrogen and oxygen atoms in total. The monoisotopic (exact) mass is 598 g/mol. The molecular formula is C34H46N2O2Si3. The van der Waals surface area contributed by atoms with Crippen LogP contribution in [-0.2, 0) is 8.23 Å². The minimum atomic E-state index is -3.28. The van der Waals surface area contributed by atoms with Crippen LogP contribution in [0.15, 0.2) is 121 Å². The molecule has 0 amide bonds. The maximum absolute atomic E-state index is 8.00. The first kappa shape index (κ1) is 31.3. The van der Waals surface area contributed by atoms with E-state index in [9.17, 15) is 0 Å². The van der Waals surface area contributed by atoms with Gasteiger partial charge in [-0.1, -0.05) is 135 Å². The molecule has 0 saturated heterocycles. The molecule has 2 atom stereocenters. The molecular weight excluding hydrogens is 553 g/mol. The lowest BCUT2D eigenvalue weighted by atomic mass is 10.4. The number of nitrogens with two attached hydrogens (primary N) is 2. The van der Waals surface area contributed by atoms with Gasteiger partial charge in [0.05, 0.1) is 0 Å². The van der Waals surface area contributed by atoms with Crippen LogP contribution in [0.25, 0.3) is 0 Å². The molecule has 41 heavy (non-hydrogen) atoms. The van der Waals surface area contributed by atoms with Crippen LogP contribution in [0.1, 0.15) is 26.7 Å². The first-order valence-electron chi connectivity index (χ1n) is 15.1. The van der Waals surface area contributed by atoms with Crippen LogP contribution in [0.2, 0.25) is 24.2 Å². The highest BCUT2D eigenvalue weighted by atomic mass is 28.5. The number of rotatable bonds is 16. The van der Waals surface area contributed by atoms with Crippen molar-refractivity contribution in [3.05, 3.63) is 121 Å². The Morgan fingerprint density at radius 3 is 1.02 bits per heavy atom. The minimum Gasteiger partial charge on any atom is -0.425 e. The van der Waals surface area contributed by atoms with Gasteiger partial charge in [-0.15, -0.1) is 0 Å². The van der Waals surface area contributed by atoms with E-state index in [0.717, 1.165) is 47.4 Å². The summed E-state index contributed by atoms with van der Waals surface area (Å²) in [6.07, 6.45) is 1.84. The summed E-state index contributed by atoms with van der Waals surface area (Å²) in [5.74, 6) is 0. The summed E-state index contributed by atoms with van der Waals surface area (Å²) in [7, 11) is -8.40. The molecule has 4 N–H and O–H groups in total. The van der Waals surface area contributed by atoms with Crippen molar-refractivity contribution < 1.29 is 8.23 Å². The van der Waals surface area contributed by atoms with Crippen LogP contribution in [0.4, 0.5) is 0 Å². The van der Waals surface area contributed by atoms with Crippen LogP contribution in [0, 0.1) is 0 Å². The van der Waals surface area contributed by atoms with Gasteiger partial charge in [-0.3, -0.25) is 0 Å². The van der Waals surface area contributed by atoms with E-state index in [1.54, 1.807) is 0 Å². The largest absolute Gasteiger partial charge is 0.425 e. The highest BCUT2D eigenvalue weighted by Crippen LogP contribution is 2.30. The SMILES string of the molecule is CC[Si](CCCN)(O[Si](O[Si](CC)(CCCN)c1ccccc1)(c1ccccc1)c1ccccc1)c1ccccc1. The van der Waals surface area contributed by atoms with Crippen molar-refractivity contribution in [3.63, 3.8) is 0 Å². The number of hydrogen-bond donors (Lipinski definition) is 2. The maximum Gasteiger partial charge on any atom is 0.387 e. The Labute approximate surface area is 250 Å². The minimum absolute atomic E-state index is 0.644. The maximum atomic E-state index is 8.00. The molecule has 0 heterocycles. The predicted molar refractivity (Wildman–Crippen MR) is 182 cm³/mol. The molecule has 4 rings (SSSR count). The summed E-state index contributed by atoms with van der Waals surface area (Å²) >= 11 is 0. The molecule has 0 aliphatic heterocycles. The highest BCUT2D eigenvalue weighted by molar-refractivity contribution is 7.06. The molecule has 216 valence electrons. The van der Waals surface area contributed by atoms with E-state index in [4.69, 9.17) is 19.7 Å². The lowest BCUT2D eigenvalue weighted by Gasteiger charge is -2.47. The molecule has 0 radical (unpaired) electrons. The quantitative estimate of drug-likeness (QED) is 0.183. The third-order valence-corrected chi connectivity index (χ3v) is 23.3. The summed E-state index contributed by atoms with van der Waals surface area (Å²) < 4.78 is 16.0. The number of benzene rings is 4. The first-order chi connectivity index (χ1) is 20.1. The third-order valence-electron chi connectivity index (χ3n) is 8.30. The van der Waals surface area contributed by atoms with Crippen molar-refractivity contribution in [1.82, 2.24) is 0 Å². The average Bonchev–Trinajstić information content (AvgIpc) is 3.06. The molecule has 2 unspecified atom stereocenters. The number of hydrogen-bond acceptors (Lipinski definition) is 4. The lowest BCUT2D eigenvalue weighted by molar-refractivity contribution is 0.404. The Morgan fingerprint density at radius 1 is 0.463 bits per heavy atom. The molecule has 4 aromatic rings. The molecule has 0 fully saturated rings. The van der Waals surface area contributed by atoms with E-state index < -0.39 is 25.2 Å². The fourth-order valence-corrected chi connectivity index (χ4v) is 22.6. The van der Waals surface area contributed by atoms with Gasteiger partial charge in [0.25, 0.3) is 0 Å². The van der Waals surface area contributed by atoms with E-state index in [2.05, 4.69) is 135 Å². The summed E-state index contributed by atoms with van der Waals surface area (Å²) in [6.45, 7) is 5.87. The van der Waals surface area contributed by atoms with Gasteiger partial charge < -0.3 is 19.7 Å². The zero-order chi connectivity index (χ0) is 29.0. The van der Waals surface area contributed by atoms with Crippen molar-refractivity contribution in [2.24, 2.45) is 11.5 Å². The van der Waals surface area contributed by atoms with Crippen molar-refractivity contribution in [1.29, 1.82) is 0 Å². The van der Waals surface area contributed by atoms with Crippen molar-refractivity contribution in [3.8, 4) is 0 Å². The molecule has 0 bridgehead atoms. The van der Waals surface area contributed by atoms with Gasteiger partial charge in [-0.05, 0) is 70.9 Å². The van der Waals surface area contributed by atoms with Crippen LogP contribution in [0.5, 0.6) is 0 Å². The second-order valence-electron chi connectivity index (χ2n) is 10.8. The van der Waals surface area contributed by atoms with Gasteiger partial charge in [-0.2, -0.15) is 0 Å². The Bertz CT molecular complexity index is 1200. The standard InChI is InChI=1S/C34H46N2O2Si3/c1-3-39(29-17-27-35,31-19-9-5-10-20-31)37-41(33-23-13-7-14-24-33,34-25-15-8-16-26-34)38-40(4-2,30-18-28-36)32-21-11-6-12-22-32/h5-16,19-26H,3-4,17-18,27-30,35-36H2,1-2H3. The van der Waals surface area contributed by atoms with E-state index in [1.807, 2.05) is 0 Å². The predicted octanol–water partition coefficient (Wildman–Crippen LogP) is 4.72. The lowest BCUT2D eigenvalue weighted by Crippen LogP contribution is -2.75. The summed E-state index contributed by atoms with van der Waals surface area (Å²) in [4.78, 5) is 0. The highest BCUT2D eigenvalue weighted by Gasteiger charge is 2.54. The Hall–Kier alpha value is -2.63. The second kappa shape index (κ2) is 15.0. The van der Waals surface area contributed by atoms with Crippen LogP contribution < -0.4 is 32.2 Å². The van der Waals surface area contributed by atoms with Gasteiger partial charge in [0, 0.05) is 0 Å². The van der Waals surface area contributed by atoms with Gasteiger partial charge >= 0.3 is 8.56 Å². The van der Waals surface area contributed by atoms with Gasteiger partial charge in [-0.25, -0.2) is 0 Å². The zero-order valence-corrected chi connectivity index (χ0v) is 27.7. The van der Waals surface area contributed by atoms with E-state index in [1.165, 1.54) is 10.4 Å². The smallest absolute Gasteiger partial charge is 0.387 e. The topological polar surface area (TPSA) is 70.5 Å². The first-order valence-corrected chi connectivity index (χ1v) is 21.6. The Kier molecular flexibility index (Phi) is 11.5. The molecule has 0 saturated carbocycles. The molecule has 4 aromatic carbocycles. The third kappa shape index (κ3) is 7.06. The molecule has 7 heteroatoms. The molecule has 0 aromatic heterocycles. The molecule has 0 aliphatic rings. The van der Waals surface area contributed by atoms with Crippen molar-refractivity contribution >= 4 is 45.9 Å². The normalized spacial score (nSPS) is 14.7. The van der Waals surface area contributed by atoms with E-state index >= 15 is 0 Å². The van der Waals surface area contributed by atoms with Gasteiger partial charge in [0.1, 0.15) is 0 Å². The zero-order valence-electron chi connectivity index (χ0n) is 24.7. The van der Waals surface area contributed by atoms with Gasteiger partial charge in [0.2, 0.25) is 16.6 Å². The van der Waals surface area contributed by atoms with Crippen LogP contribution >= 0.6 is 0 Å². The molecule has 0 aliphatic carbocycles. The van der Waals surface area contributed by atoms with Crippen molar-refractivity contribution in [2.75, 3.05) is 13.1 Å². The van der Waals surface area contributed by atoms with E-state index in [0.29, 0.717) is 13.1 Å². The van der Waals surface area contributed by atoms with Crippen LogP contribution in [0.3, 0.4) is 0 Å². The second-order valence-corrected chi connectivity index (χ2v) is 22.3. The van der Waals surface area contributed by atoms with Crippen LogP contribution in [-0.4, -0.2) is 38.3 Å². The van der Waals surface area contributed by atoms with E-state index in [-0.39, 0.29) is 0 Å². The fourth-order valence-electron chi connectivity index (χ4n) is 5.96. The summed E-state index contributed by atoms with van der Waals surface area (Å²) in [5, 5.41) is 4.95. The van der Waals surface area contributed by atoms with Crippen molar-refractivity contribution in [2.45, 2.75) is 50.9 Å². The Morgan fingerprint density at radius 2 is 0.756 bits per heavy atom. The van der Waals surface area contributed by atoms with Gasteiger partial charge in [0.15, 0.2) is 0 Å². The Balaban J connectivity index is 2.03. The summed E-state index contributed by atoms with van der Waals surface area (Å²) in [6, 6.07) is 47.2. The average molecular weight is 599 g/mol. The molecule has 0 spiro atoms. The fraction of sp³-hybridized carbons (Fsp3) is 0.294.